The number of ether oxygens (including phenoxy) is 1. The zero-order chi connectivity index (χ0) is 23.5. The van der Waals surface area contributed by atoms with Gasteiger partial charge in [-0.1, -0.05) is 33.3 Å². The number of alkyl halides is 3. The van der Waals surface area contributed by atoms with Gasteiger partial charge in [0.15, 0.2) is 0 Å². The number of hydrogen-bond donors (Lipinski definition) is 1. The molecule has 1 aliphatic rings. The molecule has 1 aromatic carbocycles. The summed E-state index contributed by atoms with van der Waals surface area (Å²) in [6.07, 6.45) is 0.809. The van der Waals surface area contributed by atoms with Crippen LogP contribution in [0.15, 0.2) is 36.7 Å². The van der Waals surface area contributed by atoms with Gasteiger partial charge in [-0.25, -0.2) is 0 Å². The maximum absolute atomic E-state index is 14.0. The van der Waals surface area contributed by atoms with Crippen LogP contribution in [0.1, 0.15) is 62.3 Å². The minimum atomic E-state index is -4.53. The molecule has 2 aromatic rings. The molecule has 1 N–H and O–H groups in total. The van der Waals surface area contributed by atoms with E-state index < -0.39 is 29.2 Å². The van der Waals surface area contributed by atoms with Crippen molar-refractivity contribution in [1.82, 2.24) is 9.88 Å². The number of aliphatic carboxylic acids is 1. The SMILES string of the molecule is CC(C)(C)c1cc(OCc2cccnc2)c(CN2CCCC[C@H]2C(=O)O)cc1C(F)(F)F. The molecule has 0 amide bonds. The fourth-order valence-electron chi connectivity index (χ4n) is 4.06. The fourth-order valence-corrected chi connectivity index (χ4v) is 4.06. The monoisotopic (exact) mass is 450 g/mol. The molecule has 0 spiro atoms. The highest BCUT2D eigenvalue weighted by atomic mass is 19.4. The molecule has 3 rings (SSSR count). The number of nitrogens with zero attached hydrogens (tertiary/aromatic N) is 2. The molecule has 0 unspecified atom stereocenters. The average Bonchev–Trinajstić information content (AvgIpc) is 2.72. The normalized spacial score (nSPS) is 17.9. The maximum Gasteiger partial charge on any atom is 0.416 e. The first-order valence-corrected chi connectivity index (χ1v) is 10.7. The molecule has 32 heavy (non-hydrogen) atoms. The maximum atomic E-state index is 14.0. The zero-order valence-electron chi connectivity index (χ0n) is 18.6. The predicted molar refractivity (Wildman–Crippen MR) is 114 cm³/mol. The van der Waals surface area contributed by atoms with E-state index in [9.17, 15) is 23.1 Å². The van der Waals surface area contributed by atoms with Gasteiger partial charge in [0, 0.05) is 30.1 Å². The van der Waals surface area contributed by atoms with Crippen molar-refractivity contribution < 1.29 is 27.8 Å². The number of carboxylic acid groups (broad SMARTS) is 1. The molecule has 174 valence electrons. The second-order valence-corrected chi connectivity index (χ2v) is 9.22. The van der Waals surface area contributed by atoms with Crippen LogP contribution in [-0.4, -0.2) is 33.5 Å². The lowest BCUT2D eigenvalue weighted by atomic mass is 9.82. The minimum absolute atomic E-state index is 0.0762. The lowest BCUT2D eigenvalue weighted by Crippen LogP contribution is -2.44. The second-order valence-electron chi connectivity index (χ2n) is 9.22. The summed E-state index contributed by atoms with van der Waals surface area (Å²) in [4.78, 5) is 17.5. The summed E-state index contributed by atoms with van der Waals surface area (Å²) in [6, 6.07) is 5.47. The van der Waals surface area contributed by atoms with Crippen LogP contribution in [0.4, 0.5) is 13.2 Å². The first-order valence-electron chi connectivity index (χ1n) is 10.7. The van der Waals surface area contributed by atoms with E-state index in [1.54, 1.807) is 44.1 Å². The molecule has 5 nitrogen and oxygen atoms in total. The smallest absolute Gasteiger partial charge is 0.416 e. The van der Waals surface area contributed by atoms with Gasteiger partial charge in [0.05, 0.1) is 5.56 Å². The number of hydrogen-bond acceptors (Lipinski definition) is 4. The van der Waals surface area contributed by atoms with Gasteiger partial charge >= 0.3 is 12.1 Å². The van der Waals surface area contributed by atoms with E-state index in [1.165, 1.54) is 6.07 Å². The number of likely N-dealkylation sites (tertiary alicyclic amines) is 1. The molecule has 1 fully saturated rings. The molecule has 1 saturated heterocycles. The van der Waals surface area contributed by atoms with Crippen LogP contribution in [0.3, 0.4) is 0 Å². The Balaban J connectivity index is 2.04. The van der Waals surface area contributed by atoms with Crippen LogP contribution < -0.4 is 4.74 Å². The van der Waals surface area contributed by atoms with Gasteiger partial charge in [0.25, 0.3) is 0 Å². The summed E-state index contributed by atoms with van der Waals surface area (Å²) in [5.74, 6) is -0.619. The third-order valence-corrected chi connectivity index (χ3v) is 5.70. The van der Waals surface area contributed by atoms with Crippen molar-refractivity contribution in [2.24, 2.45) is 0 Å². The third-order valence-electron chi connectivity index (χ3n) is 5.70. The summed E-state index contributed by atoms with van der Waals surface area (Å²) in [5, 5.41) is 9.58. The summed E-state index contributed by atoms with van der Waals surface area (Å²) < 4.78 is 47.9. The Morgan fingerprint density at radius 2 is 1.97 bits per heavy atom. The van der Waals surface area contributed by atoms with Crippen molar-refractivity contribution >= 4 is 5.97 Å². The molecular formula is C24H29F3N2O3. The number of aromatic nitrogens is 1. The Hall–Kier alpha value is -2.61. The molecule has 0 radical (unpaired) electrons. The summed E-state index contributed by atoms with van der Waals surface area (Å²) in [6.45, 7) is 5.93. The number of carbonyl (C=O) groups is 1. The van der Waals surface area contributed by atoms with Gasteiger partial charge in [0.2, 0.25) is 0 Å². The Morgan fingerprint density at radius 3 is 2.56 bits per heavy atom. The summed E-state index contributed by atoms with van der Waals surface area (Å²) >= 11 is 0. The molecule has 0 bridgehead atoms. The number of benzene rings is 1. The highest BCUT2D eigenvalue weighted by Crippen LogP contribution is 2.41. The topological polar surface area (TPSA) is 62.7 Å². The molecule has 0 aliphatic carbocycles. The summed E-state index contributed by atoms with van der Waals surface area (Å²) in [7, 11) is 0. The first-order chi connectivity index (χ1) is 15.0. The Kier molecular flexibility index (Phi) is 7.12. The van der Waals surface area contributed by atoms with Gasteiger partial charge in [-0.15, -0.1) is 0 Å². The van der Waals surface area contributed by atoms with Crippen molar-refractivity contribution in [3.05, 3.63) is 58.9 Å². The standard InChI is InChI=1S/C24H29F3N2O3/c1-23(2,3)18-12-21(32-15-16-7-6-9-28-13-16)17(11-19(18)24(25,26)27)14-29-10-5-4-8-20(29)22(30)31/h6-7,9,11-13,20H,4-5,8,10,14-15H2,1-3H3,(H,30,31)/t20-/m0/s1. The van der Waals surface area contributed by atoms with Gasteiger partial charge in [-0.3, -0.25) is 14.7 Å². The average molecular weight is 451 g/mol. The Labute approximate surface area is 186 Å². The highest BCUT2D eigenvalue weighted by Gasteiger charge is 2.38. The van der Waals surface area contributed by atoms with Gasteiger partial charge < -0.3 is 9.84 Å². The fraction of sp³-hybridized carbons (Fsp3) is 0.500. The Bertz CT molecular complexity index is 940. The lowest BCUT2D eigenvalue weighted by molar-refractivity contribution is -0.145. The van der Waals surface area contributed by atoms with Crippen molar-refractivity contribution in [2.45, 2.75) is 70.8 Å². The molecule has 0 saturated carbocycles. The quantitative estimate of drug-likeness (QED) is 0.637. The largest absolute Gasteiger partial charge is 0.489 e. The molecule has 8 heteroatoms. The number of halogens is 3. The van der Waals surface area contributed by atoms with Crippen molar-refractivity contribution in [3.8, 4) is 5.75 Å². The van der Waals surface area contributed by atoms with Crippen LogP contribution in [0, 0.1) is 0 Å². The number of pyridine rings is 1. The van der Waals surface area contributed by atoms with Crippen LogP contribution in [0.25, 0.3) is 0 Å². The van der Waals surface area contributed by atoms with Gasteiger partial charge in [-0.05, 0) is 48.6 Å². The lowest BCUT2D eigenvalue weighted by Gasteiger charge is -2.34. The second kappa shape index (κ2) is 9.48. The molecule has 1 aliphatic heterocycles. The van der Waals surface area contributed by atoms with Crippen molar-refractivity contribution in [1.29, 1.82) is 0 Å². The van der Waals surface area contributed by atoms with Crippen LogP contribution >= 0.6 is 0 Å². The summed E-state index contributed by atoms with van der Waals surface area (Å²) in [5.41, 5.74) is -0.203. The number of rotatable bonds is 6. The van der Waals surface area contributed by atoms with Crippen LogP contribution in [0.2, 0.25) is 0 Å². The van der Waals surface area contributed by atoms with E-state index in [4.69, 9.17) is 4.74 Å². The van der Waals surface area contributed by atoms with E-state index in [1.807, 2.05) is 6.07 Å². The van der Waals surface area contributed by atoms with Crippen molar-refractivity contribution in [2.75, 3.05) is 6.54 Å². The number of piperidine rings is 1. The van der Waals surface area contributed by atoms with Gasteiger partial charge in [-0.2, -0.15) is 13.2 Å². The molecule has 2 heterocycles. The minimum Gasteiger partial charge on any atom is -0.489 e. The van der Waals surface area contributed by atoms with E-state index in [0.29, 0.717) is 24.3 Å². The molecule has 1 atom stereocenters. The van der Waals surface area contributed by atoms with Crippen LogP contribution in [0.5, 0.6) is 5.75 Å². The molecular weight excluding hydrogens is 421 g/mol. The van der Waals surface area contributed by atoms with E-state index in [0.717, 1.165) is 24.5 Å². The predicted octanol–water partition coefficient (Wildman–Crippen LogP) is 5.42. The number of carboxylic acids is 1. The highest BCUT2D eigenvalue weighted by molar-refractivity contribution is 5.73. The van der Waals surface area contributed by atoms with Gasteiger partial charge in [0.1, 0.15) is 18.4 Å². The van der Waals surface area contributed by atoms with E-state index >= 15 is 0 Å². The van der Waals surface area contributed by atoms with Crippen molar-refractivity contribution in [3.63, 3.8) is 0 Å². The zero-order valence-corrected chi connectivity index (χ0v) is 18.6. The first kappa shape index (κ1) is 24.0. The van der Waals surface area contributed by atoms with E-state index in [-0.39, 0.29) is 18.7 Å². The Morgan fingerprint density at radius 1 is 1.22 bits per heavy atom. The van der Waals surface area contributed by atoms with Crippen LogP contribution in [-0.2, 0) is 29.5 Å². The third kappa shape index (κ3) is 5.79. The molecule has 1 aromatic heterocycles. The van der Waals surface area contributed by atoms with E-state index in [2.05, 4.69) is 4.98 Å².